The summed E-state index contributed by atoms with van der Waals surface area (Å²) >= 11 is 0. The van der Waals surface area contributed by atoms with Gasteiger partial charge < -0.3 is 0 Å². The van der Waals surface area contributed by atoms with Crippen LogP contribution in [0.5, 0.6) is 0 Å². The summed E-state index contributed by atoms with van der Waals surface area (Å²) in [6.07, 6.45) is 2.24. The number of carbonyl (C=O) groups excluding carboxylic acids is 1. The Hall–Kier alpha value is -2.15. The van der Waals surface area contributed by atoms with Crippen LogP contribution in [0.1, 0.15) is 49.5 Å². The molecule has 1 atom stereocenters. The van der Waals surface area contributed by atoms with E-state index >= 15 is 0 Å². The maximum absolute atomic E-state index is 12.3. The van der Waals surface area contributed by atoms with Crippen LogP contribution in [0.25, 0.3) is 10.8 Å². The number of hydrogen-bond acceptors (Lipinski definition) is 1. The smallest absolute Gasteiger partial charge is 0.160 e. The number of fused-ring (bicyclic) bond motifs is 1. The molecule has 0 fully saturated rings. The van der Waals surface area contributed by atoms with Crippen LogP contribution in [0, 0.1) is 0 Å². The second kappa shape index (κ2) is 5.00. The van der Waals surface area contributed by atoms with E-state index in [1.54, 1.807) is 6.92 Å². The Balaban J connectivity index is 2.32. The summed E-state index contributed by atoms with van der Waals surface area (Å²) in [6.45, 7) is 8.15. The van der Waals surface area contributed by atoms with Crippen molar-refractivity contribution in [2.75, 3.05) is 0 Å². The molecule has 21 heavy (non-hydrogen) atoms. The molecule has 2 aromatic carbocycles. The van der Waals surface area contributed by atoms with E-state index in [0.29, 0.717) is 0 Å². The fraction of sp³-hybridized carbons (Fsp3) is 0.250. The average Bonchev–Trinajstić information content (AvgIpc) is 2.70. The molecule has 0 spiro atoms. The molecule has 0 saturated carbocycles. The molecule has 0 saturated heterocycles. The minimum atomic E-state index is 0.145. The molecule has 106 valence electrons. The van der Waals surface area contributed by atoms with Crippen molar-refractivity contribution in [1.82, 2.24) is 0 Å². The maximum atomic E-state index is 12.3. The quantitative estimate of drug-likeness (QED) is 0.669. The Morgan fingerprint density at radius 2 is 1.71 bits per heavy atom. The van der Waals surface area contributed by atoms with Gasteiger partial charge in [0.15, 0.2) is 5.78 Å². The van der Waals surface area contributed by atoms with Gasteiger partial charge in [0, 0.05) is 11.5 Å². The number of rotatable bonds is 2. The Morgan fingerprint density at radius 1 is 1.00 bits per heavy atom. The van der Waals surface area contributed by atoms with Crippen molar-refractivity contribution in [1.29, 1.82) is 0 Å². The average molecular weight is 276 g/mol. The minimum absolute atomic E-state index is 0.145. The zero-order valence-corrected chi connectivity index (χ0v) is 13.0. The molecule has 1 aliphatic carbocycles. The van der Waals surface area contributed by atoms with Gasteiger partial charge in [-0.3, -0.25) is 4.79 Å². The van der Waals surface area contributed by atoms with E-state index < -0.39 is 0 Å². The lowest BCUT2D eigenvalue weighted by atomic mass is 9.83. The summed E-state index contributed by atoms with van der Waals surface area (Å²) in [5.74, 6) is 0.389. The van der Waals surface area contributed by atoms with E-state index in [0.717, 1.165) is 21.9 Å². The van der Waals surface area contributed by atoms with Gasteiger partial charge in [0.25, 0.3) is 0 Å². The van der Waals surface area contributed by atoms with E-state index in [4.69, 9.17) is 0 Å². The van der Waals surface area contributed by atoms with Crippen LogP contribution in [0.15, 0.2) is 59.2 Å². The lowest BCUT2D eigenvalue weighted by Crippen LogP contribution is -2.07. The zero-order valence-electron chi connectivity index (χ0n) is 13.0. The van der Waals surface area contributed by atoms with E-state index in [9.17, 15) is 4.79 Å². The maximum Gasteiger partial charge on any atom is 0.160 e. The monoisotopic (exact) mass is 276 g/mol. The minimum Gasteiger partial charge on any atom is -0.294 e. The van der Waals surface area contributed by atoms with Gasteiger partial charge in [-0.05, 0) is 44.0 Å². The number of benzene rings is 2. The number of carbonyl (C=O) groups is 1. The normalized spacial score (nSPS) is 18.3. The highest BCUT2D eigenvalue weighted by Gasteiger charge is 2.26. The largest absolute Gasteiger partial charge is 0.294 e. The number of hydrogen-bond donors (Lipinski definition) is 0. The molecule has 1 nitrogen and oxygen atoms in total. The number of allylic oxidation sites excluding steroid dienone is 4. The molecular formula is C20H20O. The standard InChI is InChI=1S/C20H20O/c1-12-11-13(2)19(14(12)3)18-10-9-16-7-5-6-8-17(16)20(18)15(4)21/h5-11,19H,1-4H3. The van der Waals surface area contributed by atoms with Gasteiger partial charge in [-0.25, -0.2) is 0 Å². The van der Waals surface area contributed by atoms with E-state index in [2.05, 4.69) is 51.1 Å². The Morgan fingerprint density at radius 3 is 2.33 bits per heavy atom. The SMILES string of the molecule is CC(=O)c1c(C2C(C)=CC(C)=C2C)ccc2ccccc12. The van der Waals surface area contributed by atoms with Crippen molar-refractivity contribution in [2.24, 2.45) is 0 Å². The van der Waals surface area contributed by atoms with Gasteiger partial charge in [0.2, 0.25) is 0 Å². The molecule has 3 rings (SSSR count). The van der Waals surface area contributed by atoms with Gasteiger partial charge in [-0.1, -0.05) is 59.2 Å². The lowest BCUT2D eigenvalue weighted by Gasteiger charge is -2.20. The highest BCUT2D eigenvalue weighted by Crippen LogP contribution is 2.42. The van der Waals surface area contributed by atoms with Crippen LogP contribution in [-0.2, 0) is 0 Å². The highest BCUT2D eigenvalue weighted by atomic mass is 16.1. The summed E-state index contributed by atoms with van der Waals surface area (Å²) in [5.41, 5.74) is 6.01. The third kappa shape index (κ3) is 2.13. The van der Waals surface area contributed by atoms with Gasteiger partial charge in [0.05, 0.1) is 0 Å². The molecule has 1 aliphatic rings. The summed E-state index contributed by atoms with van der Waals surface area (Å²) < 4.78 is 0. The van der Waals surface area contributed by atoms with Crippen LogP contribution in [0.2, 0.25) is 0 Å². The van der Waals surface area contributed by atoms with E-state index in [1.165, 1.54) is 16.7 Å². The first-order valence-corrected chi connectivity index (χ1v) is 7.39. The number of ketones is 1. The van der Waals surface area contributed by atoms with Crippen molar-refractivity contribution < 1.29 is 4.79 Å². The van der Waals surface area contributed by atoms with Crippen LogP contribution >= 0.6 is 0 Å². The molecule has 0 heterocycles. The highest BCUT2D eigenvalue weighted by molar-refractivity contribution is 6.08. The molecular weight excluding hydrogens is 256 g/mol. The summed E-state index contributed by atoms with van der Waals surface area (Å²) in [7, 11) is 0. The molecule has 0 bridgehead atoms. The van der Waals surface area contributed by atoms with Gasteiger partial charge >= 0.3 is 0 Å². The summed E-state index contributed by atoms with van der Waals surface area (Å²) in [6, 6.07) is 12.4. The molecule has 0 radical (unpaired) electrons. The Kier molecular flexibility index (Phi) is 3.29. The van der Waals surface area contributed by atoms with Crippen LogP contribution in [-0.4, -0.2) is 5.78 Å². The third-order valence-corrected chi connectivity index (χ3v) is 4.58. The molecule has 0 aromatic heterocycles. The first-order chi connectivity index (χ1) is 10.0. The molecule has 1 unspecified atom stereocenters. The topological polar surface area (TPSA) is 17.1 Å². The first-order valence-electron chi connectivity index (χ1n) is 7.39. The predicted octanol–water partition coefficient (Wildman–Crippen LogP) is 5.42. The summed E-state index contributed by atoms with van der Waals surface area (Å²) in [4.78, 5) is 12.3. The van der Waals surface area contributed by atoms with E-state index in [1.807, 2.05) is 12.1 Å². The number of Topliss-reactive ketones (excluding diaryl/α,β-unsaturated/α-hetero) is 1. The van der Waals surface area contributed by atoms with Crippen molar-refractivity contribution in [3.05, 3.63) is 70.3 Å². The molecule has 2 aromatic rings. The third-order valence-electron chi connectivity index (χ3n) is 4.58. The van der Waals surface area contributed by atoms with Crippen LogP contribution < -0.4 is 0 Å². The van der Waals surface area contributed by atoms with E-state index in [-0.39, 0.29) is 11.7 Å². The van der Waals surface area contributed by atoms with Crippen molar-refractivity contribution in [2.45, 2.75) is 33.6 Å². The summed E-state index contributed by atoms with van der Waals surface area (Å²) in [5, 5.41) is 2.19. The lowest BCUT2D eigenvalue weighted by molar-refractivity contribution is 0.101. The molecule has 0 amide bonds. The Bertz CT molecular complexity index is 806. The van der Waals surface area contributed by atoms with Crippen LogP contribution in [0.4, 0.5) is 0 Å². The van der Waals surface area contributed by atoms with Crippen molar-refractivity contribution in [3.63, 3.8) is 0 Å². The fourth-order valence-electron chi connectivity index (χ4n) is 3.51. The first kappa shape index (κ1) is 13.8. The Labute approximate surface area is 126 Å². The van der Waals surface area contributed by atoms with Crippen molar-refractivity contribution >= 4 is 16.6 Å². The molecule has 0 aliphatic heterocycles. The van der Waals surface area contributed by atoms with Gasteiger partial charge in [0.1, 0.15) is 0 Å². The second-order valence-electron chi connectivity index (χ2n) is 5.99. The molecule has 0 N–H and O–H groups in total. The van der Waals surface area contributed by atoms with Gasteiger partial charge in [-0.2, -0.15) is 0 Å². The zero-order chi connectivity index (χ0) is 15.1. The molecule has 1 heteroatoms. The second-order valence-corrected chi connectivity index (χ2v) is 5.99. The van der Waals surface area contributed by atoms with Gasteiger partial charge in [-0.15, -0.1) is 0 Å². The van der Waals surface area contributed by atoms with Crippen molar-refractivity contribution in [3.8, 4) is 0 Å². The van der Waals surface area contributed by atoms with Crippen LogP contribution in [0.3, 0.4) is 0 Å². The predicted molar refractivity (Wildman–Crippen MR) is 88.8 cm³/mol. The fourth-order valence-corrected chi connectivity index (χ4v) is 3.51.